The lowest BCUT2D eigenvalue weighted by molar-refractivity contribution is 0.0696. The Bertz CT molecular complexity index is 705. The highest BCUT2D eigenvalue weighted by Gasteiger charge is 2.08. The molecular formula is C9H5N5O2. The number of hydrogen-bond donors (Lipinski definition) is 2. The van der Waals surface area contributed by atoms with Crippen molar-refractivity contribution in [3.8, 4) is 0 Å². The number of rotatable bonds is 1. The molecule has 0 aromatic carbocycles. The predicted octanol–water partition coefficient (Wildman–Crippen LogP) is 0.599. The number of fused-ring (bicyclic) bond motifs is 2. The van der Waals surface area contributed by atoms with Crippen LogP contribution in [0.4, 0.5) is 0 Å². The van der Waals surface area contributed by atoms with Gasteiger partial charge in [-0.1, -0.05) is 0 Å². The summed E-state index contributed by atoms with van der Waals surface area (Å²) in [4.78, 5) is 18.9. The van der Waals surface area contributed by atoms with Crippen LogP contribution in [0.25, 0.3) is 22.2 Å². The summed E-state index contributed by atoms with van der Waals surface area (Å²) in [6, 6.07) is 3.20. The zero-order valence-corrected chi connectivity index (χ0v) is 7.88. The molecule has 0 unspecified atom stereocenters. The lowest BCUT2D eigenvalue weighted by Gasteiger charge is -1.97. The first kappa shape index (κ1) is 8.72. The smallest absolute Gasteiger partial charge is 0.337 e. The molecule has 0 bridgehead atoms. The van der Waals surface area contributed by atoms with Gasteiger partial charge in [-0.15, -0.1) is 5.10 Å². The molecule has 78 valence electrons. The van der Waals surface area contributed by atoms with Gasteiger partial charge in [-0.2, -0.15) is 10.3 Å². The summed E-state index contributed by atoms with van der Waals surface area (Å²) >= 11 is 0. The van der Waals surface area contributed by atoms with Gasteiger partial charge in [-0.05, 0) is 12.1 Å². The fraction of sp³-hybridized carbons (Fsp3) is 0. The summed E-state index contributed by atoms with van der Waals surface area (Å²) in [5.74, 6) is -1.02. The molecule has 3 heterocycles. The highest BCUT2D eigenvalue weighted by Crippen LogP contribution is 2.15. The maximum absolute atomic E-state index is 10.8. The van der Waals surface area contributed by atoms with Crippen molar-refractivity contribution in [1.29, 1.82) is 0 Å². The van der Waals surface area contributed by atoms with E-state index in [0.717, 1.165) is 0 Å². The van der Waals surface area contributed by atoms with E-state index in [1.807, 2.05) is 0 Å². The van der Waals surface area contributed by atoms with E-state index in [1.165, 1.54) is 12.3 Å². The van der Waals surface area contributed by atoms with Crippen molar-refractivity contribution in [2.24, 2.45) is 0 Å². The summed E-state index contributed by atoms with van der Waals surface area (Å²) in [5, 5.41) is 19.6. The summed E-state index contributed by atoms with van der Waals surface area (Å²) in [6.45, 7) is 0. The Morgan fingerprint density at radius 1 is 1.25 bits per heavy atom. The quantitative estimate of drug-likeness (QED) is 0.615. The molecular weight excluding hydrogens is 210 g/mol. The maximum atomic E-state index is 10.8. The number of carbonyl (C=O) groups is 1. The Balaban J connectivity index is 2.37. The summed E-state index contributed by atoms with van der Waals surface area (Å²) in [6.07, 6.45) is 1.27. The highest BCUT2D eigenvalue weighted by atomic mass is 16.4. The number of nitrogens with zero attached hydrogens (tertiary/aromatic N) is 4. The zero-order valence-electron chi connectivity index (χ0n) is 7.88. The Morgan fingerprint density at radius 3 is 2.94 bits per heavy atom. The molecule has 7 heteroatoms. The second-order valence-corrected chi connectivity index (χ2v) is 3.23. The minimum atomic E-state index is -1.02. The monoisotopic (exact) mass is 215 g/mol. The van der Waals surface area contributed by atoms with Crippen molar-refractivity contribution < 1.29 is 9.90 Å². The first-order valence-corrected chi connectivity index (χ1v) is 4.44. The van der Waals surface area contributed by atoms with E-state index in [4.69, 9.17) is 5.11 Å². The molecule has 0 radical (unpaired) electrons. The van der Waals surface area contributed by atoms with Gasteiger partial charge in [-0.25, -0.2) is 14.8 Å². The second kappa shape index (κ2) is 2.96. The molecule has 0 spiro atoms. The number of aromatic carboxylic acids is 1. The third-order valence-electron chi connectivity index (χ3n) is 2.20. The maximum Gasteiger partial charge on any atom is 0.337 e. The average Bonchev–Trinajstić information content (AvgIpc) is 2.71. The van der Waals surface area contributed by atoms with Gasteiger partial charge in [0.25, 0.3) is 0 Å². The van der Waals surface area contributed by atoms with Gasteiger partial charge >= 0.3 is 5.97 Å². The first-order valence-electron chi connectivity index (χ1n) is 4.44. The van der Waals surface area contributed by atoms with Crippen molar-refractivity contribution in [1.82, 2.24) is 25.4 Å². The number of H-pyrrole nitrogens is 1. The number of carboxylic acid groups (broad SMARTS) is 1. The number of carboxylic acids is 1. The molecule has 3 aromatic heterocycles. The molecule has 0 fully saturated rings. The second-order valence-electron chi connectivity index (χ2n) is 3.23. The van der Waals surface area contributed by atoms with E-state index in [2.05, 4.69) is 25.4 Å². The predicted molar refractivity (Wildman–Crippen MR) is 53.9 cm³/mol. The van der Waals surface area contributed by atoms with Crippen LogP contribution in [0.15, 0.2) is 18.3 Å². The summed E-state index contributed by atoms with van der Waals surface area (Å²) in [5.41, 5.74) is 1.61. The van der Waals surface area contributed by atoms with Crippen LogP contribution in [0.5, 0.6) is 0 Å². The standard InChI is InChI=1S/C9H5N5O2/c15-9(16)5-1-4-2-6-8(13-14-12-6)11-7(4)10-3-5/h1-3H,(H,15,16)(H,10,11,12,13,14). The number of hydrogen-bond acceptors (Lipinski definition) is 5. The summed E-state index contributed by atoms with van der Waals surface area (Å²) < 4.78 is 0. The Morgan fingerprint density at radius 2 is 2.12 bits per heavy atom. The van der Waals surface area contributed by atoms with E-state index >= 15 is 0 Å². The number of aromatic nitrogens is 5. The van der Waals surface area contributed by atoms with Gasteiger partial charge in [-0.3, -0.25) is 0 Å². The Kier molecular flexibility index (Phi) is 1.61. The highest BCUT2D eigenvalue weighted by molar-refractivity contribution is 5.94. The van der Waals surface area contributed by atoms with Gasteiger partial charge in [0.2, 0.25) is 5.65 Å². The van der Waals surface area contributed by atoms with E-state index in [9.17, 15) is 4.79 Å². The molecule has 3 rings (SSSR count). The van der Waals surface area contributed by atoms with Crippen LogP contribution in [0, 0.1) is 0 Å². The molecule has 2 N–H and O–H groups in total. The fourth-order valence-corrected chi connectivity index (χ4v) is 1.45. The Hall–Kier alpha value is -2.57. The van der Waals surface area contributed by atoms with Gasteiger partial charge in [0.05, 0.1) is 5.56 Å². The number of nitrogens with one attached hydrogen (secondary N) is 1. The zero-order chi connectivity index (χ0) is 11.1. The number of aromatic amines is 1. The van der Waals surface area contributed by atoms with Gasteiger partial charge < -0.3 is 5.11 Å². The molecule has 0 aliphatic heterocycles. The minimum absolute atomic E-state index is 0.122. The third-order valence-corrected chi connectivity index (χ3v) is 2.20. The molecule has 0 amide bonds. The SMILES string of the molecule is O=C(O)c1cnc2nc3n[nH]nc3cc2c1. The van der Waals surface area contributed by atoms with Crippen LogP contribution in [0.3, 0.4) is 0 Å². The largest absolute Gasteiger partial charge is 0.478 e. The lowest BCUT2D eigenvalue weighted by atomic mass is 10.2. The average molecular weight is 215 g/mol. The van der Waals surface area contributed by atoms with Crippen LogP contribution < -0.4 is 0 Å². The van der Waals surface area contributed by atoms with Crippen LogP contribution in [-0.2, 0) is 0 Å². The molecule has 3 aromatic rings. The molecule has 16 heavy (non-hydrogen) atoms. The van der Waals surface area contributed by atoms with Crippen LogP contribution in [-0.4, -0.2) is 36.5 Å². The van der Waals surface area contributed by atoms with Crippen LogP contribution in [0.1, 0.15) is 10.4 Å². The van der Waals surface area contributed by atoms with Crippen LogP contribution in [0.2, 0.25) is 0 Å². The molecule has 0 saturated carbocycles. The third kappa shape index (κ3) is 1.18. The van der Waals surface area contributed by atoms with Crippen LogP contribution >= 0.6 is 0 Å². The van der Waals surface area contributed by atoms with Gasteiger partial charge in [0.1, 0.15) is 5.52 Å². The molecule has 0 atom stereocenters. The topological polar surface area (TPSA) is 105 Å². The van der Waals surface area contributed by atoms with Crippen molar-refractivity contribution >= 4 is 28.2 Å². The molecule has 7 nitrogen and oxygen atoms in total. The minimum Gasteiger partial charge on any atom is -0.478 e. The van der Waals surface area contributed by atoms with E-state index in [0.29, 0.717) is 22.2 Å². The first-order chi connectivity index (χ1) is 7.74. The lowest BCUT2D eigenvalue weighted by Crippen LogP contribution is -1.97. The van der Waals surface area contributed by atoms with Crippen molar-refractivity contribution in [2.45, 2.75) is 0 Å². The van der Waals surface area contributed by atoms with Crippen molar-refractivity contribution in [2.75, 3.05) is 0 Å². The molecule has 0 aliphatic rings. The molecule has 0 aliphatic carbocycles. The van der Waals surface area contributed by atoms with Gasteiger partial charge in [0, 0.05) is 11.6 Å². The van der Waals surface area contributed by atoms with E-state index in [-0.39, 0.29) is 5.56 Å². The normalized spacial score (nSPS) is 11.0. The summed E-state index contributed by atoms with van der Waals surface area (Å²) in [7, 11) is 0. The van der Waals surface area contributed by atoms with E-state index < -0.39 is 5.97 Å². The molecule has 0 saturated heterocycles. The van der Waals surface area contributed by atoms with Crippen molar-refractivity contribution in [3.05, 3.63) is 23.9 Å². The number of pyridine rings is 2. The van der Waals surface area contributed by atoms with E-state index in [1.54, 1.807) is 6.07 Å². The van der Waals surface area contributed by atoms with Gasteiger partial charge in [0.15, 0.2) is 5.65 Å². The Labute approximate surface area is 88.1 Å². The fourth-order valence-electron chi connectivity index (χ4n) is 1.45. The van der Waals surface area contributed by atoms with Crippen molar-refractivity contribution in [3.63, 3.8) is 0 Å².